The molecule has 0 fully saturated rings. The minimum Gasteiger partial charge on any atom is -0.344 e. The van der Waals surface area contributed by atoms with Crippen molar-refractivity contribution in [1.29, 1.82) is 0 Å². The number of hydrogen-bond donors (Lipinski definition) is 1. The number of carbonyl (C=O) groups excluding carboxylic acids is 1. The predicted molar refractivity (Wildman–Crippen MR) is 102 cm³/mol. The second-order valence-corrected chi connectivity index (χ2v) is 6.45. The minimum atomic E-state index is -0.205. The van der Waals surface area contributed by atoms with Crippen molar-refractivity contribution in [3.63, 3.8) is 0 Å². The Balaban J connectivity index is 1.61. The Labute approximate surface area is 156 Å². The summed E-state index contributed by atoms with van der Waals surface area (Å²) in [6.45, 7) is 5.76. The van der Waals surface area contributed by atoms with Crippen molar-refractivity contribution in [2.45, 2.75) is 26.8 Å². The Morgan fingerprint density at radius 1 is 1.15 bits per heavy atom. The topological polar surface area (TPSA) is 77.1 Å². The molecule has 0 aliphatic heterocycles. The molecule has 0 radical (unpaired) electrons. The van der Waals surface area contributed by atoms with Crippen LogP contribution in [-0.4, -0.2) is 30.1 Å². The van der Waals surface area contributed by atoms with Gasteiger partial charge in [0, 0.05) is 23.7 Å². The highest BCUT2D eigenvalue weighted by molar-refractivity contribution is 5.94. The van der Waals surface area contributed by atoms with Crippen LogP contribution in [0.25, 0.3) is 11.5 Å². The summed E-state index contributed by atoms with van der Waals surface area (Å²) in [5.74, 6) is 0.584. The van der Waals surface area contributed by atoms with Crippen LogP contribution >= 0.6 is 0 Å². The van der Waals surface area contributed by atoms with Crippen molar-refractivity contribution in [3.05, 3.63) is 77.6 Å². The lowest BCUT2D eigenvalue weighted by atomic mass is 10.1. The lowest BCUT2D eigenvalue weighted by Crippen LogP contribution is -2.28. The fourth-order valence-electron chi connectivity index (χ4n) is 3.29. The van der Waals surface area contributed by atoms with Gasteiger partial charge in [0.2, 0.25) is 0 Å². The quantitative estimate of drug-likeness (QED) is 0.607. The van der Waals surface area contributed by atoms with Gasteiger partial charge < -0.3 is 5.32 Å². The van der Waals surface area contributed by atoms with E-state index in [1.54, 1.807) is 17.1 Å². The van der Waals surface area contributed by atoms with E-state index in [2.05, 4.69) is 20.4 Å². The molecule has 136 valence electrons. The summed E-state index contributed by atoms with van der Waals surface area (Å²) in [5, 5.41) is 7.49. The zero-order valence-corrected chi connectivity index (χ0v) is 15.4. The first-order chi connectivity index (χ1) is 13.1. The molecule has 4 aromatic rings. The normalized spacial score (nSPS) is 12.3. The summed E-state index contributed by atoms with van der Waals surface area (Å²) >= 11 is 0. The Morgan fingerprint density at radius 3 is 2.74 bits per heavy atom. The molecule has 0 saturated heterocycles. The first kappa shape index (κ1) is 17.0. The molecule has 4 heterocycles. The largest absolute Gasteiger partial charge is 0.344 e. The fourth-order valence-corrected chi connectivity index (χ4v) is 3.29. The van der Waals surface area contributed by atoms with Gasteiger partial charge in [0.15, 0.2) is 5.82 Å². The summed E-state index contributed by atoms with van der Waals surface area (Å²) in [6.07, 6.45) is 5.35. The van der Waals surface area contributed by atoms with Gasteiger partial charge in [-0.2, -0.15) is 5.10 Å². The number of aromatic nitrogens is 5. The van der Waals surface area contributed by atoms with Gasteiger partial charge in [-0.05, 0) is 45.0 Å². The highest BCUT2D eigenvalue weighted by Crippen LogP contribution is 2.20. The third-order valence-electron chi connectivity index (χ3n) is 4.65. The Morgan fingerprint density at radius 2 is 1.96 bits per heavy atom. The van der Waals surface area contributed by atoms with Gasteiger partial charge in [-0.25, -0.2) is 14.6 Å². The third-order valence-corrected chi connectivity index (χ3v) is 4.65. The minimum absolute atomic E-state index is 0.163. The van der Waals surface area contributed by atoms with Gasteiger partial charge in [0.25, 0.3) is 5.91 Å². The van der Waals surface area contributed by atoms with Crippen LogP contribution in [0.3, 0.4) is 0 Å². The van der Waals surface area contributed by atoms with Crippen LogP contribution in [0, 0.1) is 13.8 Å². The van der Waals surface area contributed by atoms with E-state index in [0.29, 0.717) is 11.4 Å². The molecule has 1 amide bonds. The molecule has 1 N–H and O–H groups in total. The number of rotatable bonds is 4. The van der Waals surface area contributed by atoms with Crippen molar-refractivity contribution in [3.8, 4) is 5.82 Å². The summed E-state index contributed by atoms with van der Waals surface area (Å²) < 4.78 is 3.58. The SMILES string of the molecule is Cc1nc2ccccn2c1C(=O)N[C@H](C)c1cnn(-c2ccccn2)c1C. The Bertz CT molecular complexity index is 1110. The molecule has 7 heteroatoms. The van der Waals surface area contributed by atoms with Gasteiger partial charge in [-0.15, -0.1) is 0 Å². The van der Waals surface area contributed by atoms with Crippen molar-refractivity contribution in [2.24, 2.45) is 0 Å². The molecule has 0 aromatic carbocycles. The lowest BCUT2D eigenvalue weighted by Gasteiger charge is -2.14. The lowest BCUT2D eigenvalue weighted by molar-refractivity contribution is 0.0933. The second kappa shape index (κ2) is 6.68. The second-order valence-electron chi connectivity index (χ2n) is 6.45. The van der Waals surface area contributed by atoms with Crippen molar-refractivity contribution < 1.29 is 4.79 Å². The monoisotopic (exact) mass is 360 g/mol. The van der Waals surface area contributed by atoms with Gasteiger partial charge in [-0.3, -0.25) is 9.20 Å². The molecule has 0 saturated carbocycles. The summed E-state index contributed by atoms with van der Waals surface area (Å²) in [5.41, 5.74) is 3.89. The maximum atomic E-state index is 12.9. The standard InChI is InChI=1S/C20H20N6O/c1-13(16-12-22-26(15(16)3)17-8-4-6-10-21-17)24-20(27)19-14(2)23-18-9-5-7-11-25(18)19/h4-13H,1-3H3,(H,24,27)/t13-/m1/s1. The van der Waals surface area contributed by atoms with E-state index in [0.717, 1.165) is 22.7 Å². The molecule has 4 aromatic heterocycles. The van der Waals surface area contributed by atoms with E-state index in [-0.39, 0.29) is 11.9 Å². The molecular formula is C20H20N6O. The molecule has 7 nitrogen and oxygen atoms in total. The first-order valence-corrected chi connectivity index (χ1v) is 8.76. The number of aryl methyl sites for hydroxylation is 1. The maximum absolute atomic E-state index is 12.9. The van der Waals surface area contributed by atoms with Crippen molar-refractivity contribution >= 4 is 11.6 Å². The number of carbonyl (C=O) groups is 1. The van der Waals surface area contributed by atoms with E-state index in [1.165, 1.54) is 0 Å². The van der Waals surface area contributed by atoms with Gasteiger partial charge in [-0.1, -0.05) is 12.1 Å². The van der Waals surface area contributed by atoms with Gasteiger partial charge in [0.1, 0.15) is 11.3 Å². The summed E-state index contributed by atoms with van der Waals surface area (Å²) in [7, 11) is 0. The molecule has 0 bridgehead atoms. The number of amides is 1. The molecule has 0 spiro atoms. The van der Waals surface area contributed by atoms with E-state index in [9.17, 15) is 4.79 Å². The van der Waals surface area contributed by atoms with E-state index in [4.69, 9.17) is 0 Å². The van der Waals surface area contributed by atoms with Gasteiger partial charge >= 0.3 is 0 Å². The average molecular weight is 360 g/mol. The highest BCUT2D eigenvalue weighted by Gasteiger charge is 2.21. The average Bonchev–Trinajstić information content (AvgIpc) is 3.21. The molecule has 27 heavy (non-hydrogen) atoms. The van der Waals surface area contributed by atoms with E-state index in [1.807, 2.05) is 67.8 Å². The van der Waals surface area contributed by atoms with Crippen LogP contribution in [-0.2, 0) is 0 Å². The van der Waals surface area contributed by atoms with Crippen LogP contribution in [0.15, 0.2) is 55.0 Å². The number of pyridine rings is 2. The molecule has 0 aliphatic carbocycles. The van der Waals surface area contributed by atoms with Crippen LogP contribution in [0.1, 0.15) is 40.4 Å². The van der Waals surface area contributed by atoms with Crippen LogP contribution in [0.4, 0.5) is 0 Å². The number of nitrogens with one attached hydrogen (secondary N) is 1. The van der Waals surface area contributed by atoms with Gasteiger partial charge in [0.05, 0.1) is 17.9 Å². The molecule has 0 unspecified atom stereocenters. The maximum Gasteiger partial charge on any atom is 0.270 e. The predicted octanol–water partition coefficient (Wildman–Crippen LogP) is 3.02. The van der Waals surface area contributed by atoms with Crippen LogP contribution in [0.2, 0.25) is 0 Å². The zero-order valence-electron chi connectivity index (χ0n) is 15.4. The fraction of sp³-hybridized carbons (Fsp3) is 0.200. The van der Waals surface area contributed by atoms with E-state index < -0.39 is 0 Å². The molecule has 1 atom stereocenters. The number of imidazole rings is 1. The first-order valence-electron chi connectivity index (χ1n) is 8.76. The third kappa shape index (κ3) is 2.97. The molecular weight excluding hydrogens is 340 g/mol. The Hall–Kier alpha value is -3.48. The summed E-state index contributed by atoms with van der Waals surface area (Å²) in [4.78, 5) is 21.7. The van der Waals surface area contributed by atoms with E-state index >= 15 is 0 Å². The zero-order chi connectivity index (χ0) is 19.0. The Kier molecular flexibility index (Phi) is 4.19. The van der Waals surface area contributed by atoms with Crippen molar-refractivity contribution in [2.75, 3.05) is 0 Å². The molecule has 4 rings (SSSR count). The number of fused-ring (bicyclic) bond motifs is 1. The smallest absolute Gasteiger partial charge is 0.270 e. The van der Waals surface area contributed by atoms with Crippen LogP contribution < -0.4 is 5.32 Å². The number of nitrogens with zero attached hydrogens (tertiary/aromatic N) is 5. The highest BCUT2D eigenvalue weighted by atomic mass is 16.2. The number of hydrogen-bond acceptors (Lipinski definition) is 4. The molecule has 0 aliphatic rings. The summed E-state index contributed by atoms with van der Waals surface area (Å²) in [6, 6.07) is 11.1. The van der Waals surface area contributed by atoms with Crippen molar-refractivity contribution in [1.82, 2.24) is 29.5 Å². The van der Waals surface area contributed by atoms with Crippen LogP contribution in [0.5, 0.6) is 0 Å².